The molecule has 2 aromatic carbocycles. The lowest BCUT2D eigenvalue weighted by molar-refractivity contribution is -0.140. The molecular formula is C39H59N3O9S. The average Bonchev–Trinajstić information content (AvgIpc) is 3.13. The van der Waals surface area contributed by atoms with Gasteiger partial charge in [-0.1, -0.05) is 94.3 Å². The summed E-state index contributed by atoms with van der Waals surface area (Å²) >= 11 is 0. The van der Waals surface area contributed by atoms with Gasteiger partial charge in [0.25, 0.3) is 0 Å². The van der Waals surface area contributed by atoms with Crippen LogP contribution >= 0.6 is 0 Å². The molecule has 52 heavy (non-hydrogen) atoms. The molecule has 2 fully saturated rings. The number of rotatable bonds is 20. The summed E-state index contributed by atoms with van der Waals surface area (Å²) < 4.78 is 36.9. The van der Waals surface area contributed by atoms with E-state index in [9.17, 15) is 33.0 Å². The Morgan fingerprint density at radius 3 is 2.40 bits per heavy atom. The van der Waals surface area contributed by atoms with E-state index in [4.69, 9.17) is 9.47 Å². The number of amides is 2. The topological polar surface area (TPSA) is 172 Å². The second-order valence-corrected chi connectivity index (χ2v) is 16.8. The fraction of sp³-hybridized carbons (Fsp3) is 0.667. The number of fused-ring (bicyclic) bond motifs is 1. The first-order valence-corrected chi connectivity index (χ1v) is 20.8. The lowest BCUT2D eigenvalue weighted by Crippen LogP contribution is -2.57. The van der Waals surface area contributed by atoms with Gasteiger partial charge in [-0.25, -0.2) is 8.42 Å². The molecule has 2 aliphatic rings. The van der Waals surface area contributed by atoms with Crippen molar-refractivity contribution >= 4 is 38.4 Å². The fourth-order valence-corrected chi connectivity index (χ4v) is 8.79. The zero-order valence-electron chi connectivity index (χ0n) is 30.8. The van der Waals surface area contributed by atoms with Crippen molar-refractivity contribution in [3.63, 3.8) is 0 Å². The molecule has 4 rings (SSSR count). The van der Waals surface area contributed by atoms with Gasteiger partial charge in [0.05, 0.1) is 42.8 Å². The van der Waals surface area contributed by atoms with Crippen molar-refractivity contribution in [3.05, 3.63) is 48.0 Å². The van der Waals surface area contributed by atoms with Gasteiger partial charge < -0.3 is 30.3 Å². The molecule has 0 spiro atoms. The number of unbranched alkanes of at least 4 members (excludes halogenated alkanes) is 1. The van der Waals surface area contributed by atoms with Gasteiger partial charge in [-0.2, -0.15) is 0 Å². The molecule has 290 valence electrons. The molecule has 1 saturated carbocycles. The summed E-state index contributed by atoms with van der Waals surface area (Å²) in [5, 5.41) is 30.4. The number of morpholine rings is 1. The number of hydrogen-bond donors (Lipinski definition) is 4. The van der Waals surface area contributed by atoms with Gasteiger partial charge >= 0.3 is 5.97 Å². The Morgan fingerprint density at radius 1 is 0.981 bits per heavy atom. The van der Waals surface area contributed by atoms with Gasteiger partial charge in [-0.05, 0) is 41.5 Å². The van der Waals surface area contributed by atoms with Crippen LogP contribution in [0, 0.1) is 11.8 Å². The maximum Gasteiger partial charge on any atom is 0.302 e. The first kappa shape index (κ1) is 41.7. The van der Waals surface area contributed by atoms with E-state index in [2.05, 4.69) is 10.6 Å². The Labute approximate surface area is 308 Å². The molecule has 0 bridgehead atoms. The zero-order chi connectivity index (χ0) is 37.5. The Balaban J connectivity index is 1.55. The third-order valence-electron chi connectivity index (χ3n) is 10.3. The summed E-state index contributed by atoms with van der Waals surface area (Å²) in [6, 6.07) is 11.6. The number of nitrogens with one attached hydrogen (secondary N) is 2. The van der Waals surface area contributed by atoms with Gasteiger partial charge in [0.2, 0.25) is 11.8 Å². The lowest BCUT2D eigenvalue weighted by atomic mass is 9.83. The van der Waals surface area contributed by atoms with Gasteiger partial charge in [-0.15, -0.1) is 0 Å². The second-order valence-electron chi connectivity index (χ2n) is 14.5. The minimum Gasteiger partial charge on any atom is -0.465 e. The first-order valence-electron chi connectivity index (χ1n) is 19.0. The van der Waals surface area contributed by atoms with Gasteiger partial charge in [0.1, 0.15) is 18.8 Å². The molecule has 1 heterocycles. The zero-order valence-corrected chi connectivity index (χ0v) is 31.7. The maximum absolute atomic E-state index is 14.1. The highest BCUT2D eigenvalue weighted by molar-refractivity contribution is 7.91. The summed E-state index contributed by atoms with van der Waals surface area (Å²) in [6.07, 6.45) is 5.27. The van der Waals surface area contributed by atoms with E-state index >= 15 is 0 Å². The molecule has 0 radical (unpaired) electrons. The molecule has 0 unspecified atom stereocenters. The Bertz CT molecular complexity index is 1540. The molecule has 4 N–H and O–H groups in total. The van der Waals surface area contributed by atoms with Gasteiger partial charge in [-0.3, -0.25) is 19.3 Å². The Morgan fingerprint density at radius 2 is 1.69 bits per heavy atom. The molecule has 2 amide bonds. The standard InChI is InChI=1S/C39H59N3O9S/c1-3-4-17-34(39(47)41-35(24-29-11-6-5-7-12-29)37(45)36(44)26-42-18-20-50-21-19-42)40-38(46)32(27-52(48,49)23-22-51-28(2)43)25-31-15-10-14-30-13-8-9-16-33(30)31/h8-10,13-16,29,32,34-37,44-45H,3-7,11-12,17-27H2,1-2H3,(H,40,46)(H,41,47)/t32-,34+,35+,36+,37-/m1/s1. The average molecular weight is 746 g/mol. The molecule has 0 aromatic heterocycles. The summed E-state index contributed by atoms with van der Waals surface area (Å²) in [5.41, 5.74) is 0.799. The second kappa shape index (κ2) is 21.0. The molecule has 12 nitrogen and oxygen atoms in total. The van der Waals surface area contributed by atoms with Gasteiger partial charge in [0.15, 0.2) is 9.84 Å². The summed E-state index contributed by atoms with van der Waals surface area (Å²) in [4.78, 5) is 41.6. The normalized spacial score (nSPS) is 18.9. The number of ether oxygens (including phenoxy) is 2. The molecule has 2 aromatic rings. The van der Waals surface area contributed by atoms with E-state index < -0.39 is 69.3 Å². The number of hydrogen-bond acceptors (Lipinski definition) is 10. The number of esters is 1. The van der Waals surface area contributed by atoms with Crippen LogP contribution in [0.1, 0.15) is 77.2 Å². The van der Waals surface area contributed by atoms with Crippen molar-refractivity contribution in [1.29, 1.82) is 0 Å². The van der Waals surface area contributed by atoms with E-state index in [1.165, 1.54) is 6.92 Å². The molecule has 13 heteroatoms. The van der Waals surface area contributed by atoms with Crippen LogP contribution < -0.4 is 10.6 Å². The van der Waals surface area contributed by atoms with Crippen LogP contribution in [-0.2, 0) is 40.1 Å². The van der Waals surface area contributed by atoms with Crippen molar-refractivity contribution in [3.8, 4) is 0 Å². The Hall–Kier alpha value is -3.10. The number of carbonyl (C=O) groups excluding carboxylic acids is 3. The van der Waals surface area contributed by atoms with Crippen LogP contribution in [0.5, 0.6) is 0 Å². The van der Waals surface area contributed by atoms with Crippen LogP contribution in [-0.4, -0.2) is 117 Å². The van der Waals surface area contributed by atoms with Crippen LogP contribution in [0.2, 0.25) is 0 Å². The number of aliphatic hydroxyl groups excluding tert-OH is 2. The van der Waals surface area contributed by atoms with E-state index in [1.54, 1.807) is 0 Å². The quantitative estimate of drug-likeness (QED) is 0.148. The SMILES string of the molecule is CCCC[C@H](NC(=O)[C@H](Cc1cccc2ccccc12)CS(=O)(=O)CCOC(C)=O)C(=O)N[C@@H](CC1CCCCC1)[C@@H](O)[C@@H](O)CN1CCOCC1. The highest BCUT2D eigenvalue weighted by Crippen LogP contribution is 2.29. The van der Waals surface area contributed by atoms with Crippen LogP contribution in [0.3, 0.4) is 0 Å². The number of benzene rings is 2. The van der Waals surface area contributed by atoms with E-state index in [-0.39, 0.29) is 25.5 Å². The van der Waals surface area contributed by atoms with Crippen molar-refractivity contribution < 1.29 is 42.5 Å². The number of carbonyl (C=O) groups is 3. The minimum atomic E-state index is -3.85. The molecule has 5 atom stereocenters. The van der Waals surface area contributed by atoms with Crippen molar-refractivity contribution in [1.82, 2.24) is 15.5 Å². The van der Waals surface area contributed by atoms with Crippen LogP contribution in [0.15, 0.2) is 42.5 Å². The summed E-state index contributed by atoms with van der Waals surface area (Å²) in [7, 11) is -3.85. The molecule has 1 aliphatic carbocycles. The largest absolute Gasteiger partial charge is 0.465 e. The van der Waals surface area contributed by atoms with Crippen molar-refractivity contribution in [2.45, 2.75) is 102 Å². The highest BCUT2D eigenvalue weighted by Gasteiger charge is 2.35. The van der Waals surface area contributed by atoms with Gasteiger partial charge in [0, 0.05) is 26.6 Å². The minimum absolute atomic E-state index is 0.110. The third-order valence-corrected chi connectivity index (χ3v) is 12.0. The van der Waals surface area contributed by atoms with Crippen LogP contribution in [0.25, 0.3) is 10.8 Å². The number of nitrogens with zero attached hydrogens (tertiary/aromatic N) is 1. The molecular weight excluding hydrogens is 687 g/mol. The predicted molar refractivity (Wildman–Crippen MR) is 200 cm³/mol. The van der Waals surface area contributed by atoms with E-state index in [1.807, 2.05) is 54.3 Å². The monoisotopic (exact) mass is 745 g/mol. The predicted octanol–water partition coefficient (Wildman–Crippen LogP) is 3.16. The van der Waals surface area contributed by atoms with Crippen LogP contribution in [0.4, 0.5) is 0 Å². The smallest absolute Gasteiger partial charge is 0.302 e. The summed E-state index contributed by atoms with van der Waals surface area (Å²) in [6.45, 7) is 5.52. The number of aliphatic hydroxyl groups is 2. The Kier molecular flexibility index (Phi) is 16.8. The number of sulfone groups is 1. The summed E-state index contributed by atoms with van der Waals surface area (Å²) in [5.74, 6) is -3.31. The highest BCUT2D eigenvalue weighted by atomic mass is 32.2. The number of β-amino-alcohol motifs (C(OH)–C–C–N with tert-alkyl or cyclic N) is 1. The van der Waals surface area contributed by atoms with E-state index in [0.29, 0.717) is 45.6 Å². The lowest BCUT2D eigenvalue weighted by Gasteiger charge is -2.35. The fourth-order valence-electron chi connectivity index (χ4n) is 7.41. The van der Waals surface area contributed by atoms with E-state index in [0.717, 1.165) is 54.9 Å². The van der Waals surface area contributed by atoms with Crippen molar-refractivity contribution in [2.75, 3.05) is 51.0 Å². The first-order chi connectivity index (χ1) is 25.0. The molecule has 1 aliphatic heterocycles. The third kappa shape index (κ3) is 13.4. The molecule has 1 saturated heterocycles. The maximum atomic E-state index is 14.1. The van der Waals surface area contributed by atoms with Crippen molar-refractivity contribution in [2.24, 2.45) is 11.8 Å².